The van der Waals surface area contributed by atoms with E-state index in [4.69, 9.17) is 5.73 Å². The van der Waals surface area contributed by atoms with Crippen molar-refractivity contribution >= 4 is 5.82 Å². The predicted octanol–water partition coefficient (Wildman–Crippen LogP) is 2.30. The summed E-state index contributed by atoms with van der Waals surface area (Å²) in [5, 5.41) is 0. The molecule has 0 amide bonds. The Morgan fingerprint density at radius 3 is 2.69 bits per heavy atom. The maximum atomic E-state index is 14.0. The largest absolute Gasteiger partial charge is 0.352 e. The molecule has 0 aliphatic heterocycles. The van der Waals surface area contributed by atoms with Crippen LogP contribution >= 0.6 is 0 Å². The Morgan fingerprint density at radius 1 is 1.50 bits per heavy atom. The number of pyridine rings is 1. The number of rotatable bonds is 5. The third-order valence-corrected chi connectivity index (χ3v) is 2.91. The van der Waals surface area contributed by atoms with Crippen molar-refractivity contribution in [3.05, 3.63) is 23.6 Å². The lowest BCUT2D eigenvalue weighted by molar-refractivity contribution is 0.564. The molecule has 4 heteroatoms. The van der Waals surface area contributed by atoms with E-state index in [0.717, 1.165) is 13.0 Å². The fraction of sp³-hybridized carbons (Fsp3) is 0.583. The van der Waals surface area contributed by atoms with Crippen LogP contribution in [-0.4, -0.2) is 17.6 Å². The minimum absolute atomic E-state index is 0.208. The van der Waals surface area contributed by atoms with E-state index in [1.54, 1.807) is 12.3 Å². The first-order chi connectivity index (χ1) is 7.65. The third kappa shape index (κ3) is 2.50. The average Bonchev–Trinajstić information content (AvgIpc) is 2.31. The Kier molecular flexibility index (Phi) is 4.68. The lowest BCUT2D eigenvalue weighted by Crippen LogP contribution is -2.34. The van der Waals surface area contributed by atoms with Gasteiger partial charge in [0.2, 0.25) is 0 Å². The van der Waals surface area contributed by atoms with E-state index in [1.807, 2.05) is 11.8 Å². The van der Waals surface area contributed by atoms with Gasteiger partial charge >= 0.3 is 0 Å². The zero-order valence-electron chi connectivity index (χ0n) is 10.2. The Hall–Kier alpha value is -1.16. The minimum atomic E-state index is -0.285. The summed E-state index contributed by atoms with van der Waals surface area (Å²) < 4.78 is 14.0. The monoisotopic (exact) mass is 225 g/mol. The van der Waals surface area contributed by atoms with Crippen LogP contribution in [0.4, 0.5) is 10.2 Å². The molecule has 0 spiro atoms. The van der Waals surface area contributed by atoms with Crippen molar-refractivity contribution in [2.45, 2.75) is 39.8 Å². The highest BCUT2D eigenvalue weighted by molar-refractivity contribution is 5.43. The fourth-order valence-corrected chi connectivity index (χ4v) is 1.72. The molecule has 0 fully saturated rings. The summed E-state index contributed by atoms with van der Waals surface area (Å²) in [5.74, 6) is 0.131. The van der Waals surface area contributed by atoms with Gasteiger partial charge in [-0.1, -0.05) is 6.92 Å². The highest BCUT2D eigenvalue weighted by Gasteiger charge is 2.18. The molecule has 1 unspecified atom stereocenters. The summed E-state index contributed by atoms with van der Waals surface area (Å²) in [6, 6.07) is 1.91. The Balaban J connectivity index is 3.10. The Labute approximate surface area is 96.5 Å². The predicted molar refractivity (Wildman–Crippen MR) is 64.9 cm³/mol. The van der Waals surface area contributed by atoms with Crippen LogP contribution in [0.3, 0.4) is 0 Å². The first-order valence-electron chi connectivity index (χ1n) is 5.75. The molecule has 0 aliphatic carbocycles. The summed E-state index contributed by atoms with van der Waals surface area (Å²) >= 11 is 0. The van der Waals surface area contributed by atoms with Crippen LogP contribution in [0, 0.1) is 5.82 Å². The van der Waals surface area contributed by atoms with E-state index in [9.17, 15) is 4.39 Å². The second-order valence-corrected chi connectivity index (χ2v) is 3.86. The molecule has 3 nitrogen and oxygen atoms in total. The van der Waals surface area contributed by atoms with E-state index in [-0.39, 0.29) is 18.4 Å². The molecule has 0 aromatic carbocycles. The molecule has 0 saturated heterocycles. The van der Waals surface area contributed by atoms with Gasteiger partial charge in [0.05, 0.1) is 0 Å². The first-order valence-corrected chi connectivity index (χ1v) is 5.75. The molecule has 16 heavy (non-hydrogen) atoms. The quantitative estimate of drug-likeness (QED) is 0.836. The zero-order valence-corrected chi connectivity index (χ0v) is 10.2. The van der Waals surface area contributed by atoms with Crippen molar-refractivity contribution in [3.8, 4) is 0 Å². The van der Waals surface area contributed by atoms with Crippen LogP contribution in [0.25, 0.3) is 0 Å². The third-order valence-electron chi connectivity index (χ3n) is 2.91. The second kappa shape index (κ2) is 5.80. The van der Waals surface area contributed by atoms with E-state index >= 15 is 0 Å². The molecule has 2 N–H and O–H groups in total. The molecular formula is C12H20FN3. The molecule has 1 aromatic rings. The topological polar surface area (TPSA) is 42.2 Å². The number of hydrogen-bond acceptors (Lipinski definition) is 3. The SMILES string of the molecule is CCC(C)N(CC)c1nccc(CN)c1F. The van der Waals surface area contributed by atoms with Gasteiger partial charge in [-0.2, -0.15) is 0 Å². The van der Waals surface area contributed by atoms with Gasteiger partial charge in [-0.25, -0.2) is 9.37 Å². The van der Waals surface area contributed by atoms with Gasteiger partial charge in [0.15, 0.2) is 11.6 Å². The van der Waals surface area contributed by atoms with Crippen molar-refractivity contribution in [1.82, 2.24) is 4.98 Å². The zero-order chi connectivity index (χ0) is 12.1. The number of hydrogen-bond donors (Lipinski definition) is 1. The van der Waals surface area contributed by atoms with Crippen molar-refractivity contribution < 1.29 is 4.39 Å². The van der Waals surface area contributed by atoms with Gasteiger partial charge in [0, 0.05) is 30.9 Å². The highest BCUT2D eigenvalue weighted by atomic mass is 19.1. The van der Waals surface area contributed by atoms with Gasteiger partial charge in [0.25, 0.3) is 0 Å². The van der Waals surface area contributed by atoms with E-state index < -0.39 is 0 Å². The van der Waals surface area contributed by atoms with Gasteiger partial charge < -0.3 is 10.6 Å². The summed E-state index contributed by atoms with van der Waals surface area (Å²) in [6.07, 6.45) is 2.58. The number of nitrogens with two attached hydrogens (primary N) is 1. The standard InChI is InChI=1S/C12H20FN3/c1-4-9(3)16(5-2)12-11(13)10(8-14)6-7-15-12/h6-7,9H,4-5,8,14H2,1-3H3. The number of halogens is 1. The molecular weight excluding hydrogens is 205 g/mol. The number of nitrogens with zero attached hydrogens (tertiary/aromatic N) is 2. The van der Waals surface area contributed by atoms with E-state index in [1.165, 1.54) is 0 Å². The Bertz CT molecular complexity index is 341. The van der Waals surface area contributed by atoms with Gasteiger partial charge in [-0.3, -0.25) is 0 Å². The van der Waals surface area contributed by atoms with Crippen molar-refractivity contribution in [2.24, 2.45) is 5.73 Å². The molecule has 0 bridgehead atoms. The van der Waals surface area contributed by atoms with Crippen LogP contribution in [0.5, 0.6) is 0 Å². The van der Waals surface area contributed by atoms with Crippen molar-refractivity contribution in [3.63, 3.8) is 0 Å². The highest BCUT2D eigenvalue weighted by Crippen LogP contribution is 2.21. The molecule has 0 saturated carbocycles. The van der Waals surface area contributed by atoms with Gasteiger partial charge in [-0.15, -0.1) is 0 Å². The van der Waals surface area contributed by atoms with Crippen LogP contribution in [0.2, 0.25) is 0 Å². The normalized spacial score (nSPS) is 12.6. The molecule has 1 rings (SSSR count). The molecule has 90 valence electrons. The molecule has 0 radical (unpaired) electrons. The lowest BCUT2D eigenvalue weighted by atomic mass is 10.2. The molecule has 0 aliphatic rings. The van der Waals surface area contributed by atoms with Gasteiger partial charge in [-0.05, 0) is 26.3 Å². The summed E-state index contributed by atoms with van der Waals surface area (Å²) in [5.41, 5.74) is 6.00. The van der Waals surface area contributed by atoms with E-state index in [0.29, 0.717) is 11.4 Å². The Morgan fingerprint density at radius 2 is 2.19 bits per heavy atom. The van der Waals surface area contributed by atoms with Gasteiger partial charge in [0.1, 0.15) is 0 Å². The summed E-state index contributed by atoms with van der Waals surface area (Å²) in [4.78, 5) is 6.09. The number of aromatic nitrogens is 1. The summed E-state index contributed by atoms with van der Waals surface area (Å²) in [7, 11) is 0. The molecule has 1 heterocycles. The maximum Gasteiger partial charge on any atom is 0.170 e. The number of anilines is 1. The smallest absolute Gasteiger partial charge is 0.170 e. The van der Waals surface area contributed by atoms with E-state index in [2.05, 4.69) is 18.8 Å². The maximum absolute atomic E-state index is 14.0. The average molecular weight is 225 g/mol. The van der Waals surface area contributed by atoms with Crippen molar-refractivity contribution in [2.75, 3.05) is 11.4 Å². The first kappa shape index (κ1) is 12.9. The minimum Gasteiger partial charge on any atom is -0.352 e. The van der Waals surface area contributed by atoms with Crippen LogP contribution in [-0.2, 0) is 6.54 Å². The summed E-state index contributed by atoms with van der Waals surface area (Å²) in [6.45, 7) is 7.10. The van der Waals surface area contributed by atoms with Crippen LogP contribution in [0.15, 0.2) is 12.3 Å². The molecule has 1 aromatic heterocycles. The molecule has 1 atom stereocenters. The van der Waals surface area contributed by atoms with Crippen LogP contribution < -0.4 is 10.6 Å². The second-order valence-electron chi connectivity index (χ2n) is 3.86. The van der Waals surface area contributed by atoms with Crippen LogP contribution in [0.1, 0.15) is 32.8 Å². The fourth-order valence-electron chi connectivity index (χ4n) is 1.72. The lowest BCUT2D eigenvalue weighted by Gasteiger charge is -2.28. The van der Waals surface area contributed by atoms with Crippen molar-refractivity contribution in [1.29, 1.82) is 0 Å².